The summed E-state index contributed by atoms with van der Waals surface area (Å²) in [5, 5.41) is 4.53. The third kappa shape index (κ3) is 2.03. The maximum Gasteiger partial charge on any atom is 0.172 e. The van der Waals surface area contributed by atoms with Crippen LogP contribution in [0.25, 0.3) is 5.57 Å². The van der Waals surface area contributed by atoms with Gasteiger partial charge in [0.15, 0.2) is 5.79 Å². The molecular weight excluding hydrogens is 216 g/mol. The largest absolute Gasteiger partial charge is 0.347 e. The molecule has 1 aliphatic heterocycles. The van der Waals surface area contributed by atoms with Gasteiger partial charge in [0.25, 0.3) is 0 Å². The van der Waals surface area contributed by atoms with Gasteiger partial charge in [0.1, 0.15) is 0 Å². The summed E-state index contributed by atoms with van der Waals surface area (Å²) >= 11 is 0. The zero-order valence-corrected chi connectivity index (χ0v) is 10.2. The second-order valence-corrected chi connectivity index (χ2v) is 4.60. The third-order valence-corrected chi connectivity index (χ3v) is 3.54. The summed E-state index contributed by atoms with van der Waals surface area (Å²) < 4.78 is 13.4. The molecular formula is C13H18N2O2. The topological polar surface area (TPSA) is 36.3 Å². The van der Waals surface area contributed by atoms with Crippen LogP contribution in [-0.2, 0) is 16.0 Å². The van der Waals surface area contributed by atoms with E-state index in [4.69, 9.17) is 9.47 Å². The zero-order valence-electron chi connectivity index (χ0n) is 10.2. The van der Waals surface area contributed by atoms with Crippen LogP contribution in [0.3, 0.4) is 0 Å². The summed E-state index contributed by atoms with van der Waals surface area (Å²) in [6, 6.07) is 2.09. The Balaban J connectivity index is 1.75. The molecule has 92 valence electrons. The minimum absolute atomic E-state index is 0.323. The Morgan fingerprint density at radius 3 is 2.82 bits per heavy atom. The molecule has 1 aromatic rings. The van der Waals surface area contributed by atoms with Crippen LogP contribution in [0.4, 0.5) is 0 Å². The molecule has 4 nitrogen and oxygen atoms in total. The summed E-state index contributed by atoms with van der Waals surface area (Å²) in [5.74, 6) is -0.323. The van der Waals surface area contributed by atoms with Crippen molar-refractivity contribution in [1.82, 2.24) is 9.78 Å². The molecule has 0 amide bonds. The van der Waals surface area contributed by atoms with E-state index < -0.39 is 0 Å². The molecule has 1 saturated heterocycles. The fraction of sp³-hybridized carbons (Fsp3) is 0.615. The fourth-order valence-corrected chi connectivity index (χ4v) is 2.51. The molecule has 0 radical (unpaired) electrons. The van der Waals surface area contributed by atoms with E-state index in [9.17, 15) is 0 Å². The summed E-state index contributed by atoms with van der Waals surface area (Å²) in [5.41, 5.74) is 2.42. The first kappa shape index (κ1) is 11.0. The lowest BCUT2D eigenvalue weighted by atomic mass is 9.92. The first-order chi connectivity index (χ1) is 8.31. The Kier molecular flexibility index (Phi) is 2.76. The maximum atomic E-state index is 5.70. The van der Waals surface area contributed by atoms with Gasteiger partial charge in [-0.05, 0) is 25.0 Å². The first-order valence-electron chi connectivity index (χ1n) is 6.32. The molecule has 0 N–H and O–H groups in total. The van der Waals surface area contributed by atoms with Crippen LogP contribution in [0, 0.1) is 0 Å². The van der Waals surface area contributed by atoms with Gasteiger partial charge in [0.2, 0.25) is 0 Å². The SMILES string of the molecule is CCn1ccc(C2=CCC3(CC2)OCCO3)n1. The minimum atomic E-state index is -0.323. The van der Waals surface area contributed by atoms with Gasteiger partial charge in [-0.25, -0.2) is 0 Å². The van der Waals surface area contributed by atoms with E-state index in [0.29, 0.717) is 0 Å². The number of ether oxygens (including phenoxy) is 2. The van der Waals surface area contributed by atoms with Crippen molar-refractivity contribution in [2.24, 2.45) is 0 Å². The molecule has 4 heteroatoms. The van der Waals surface area contributed by atoms with Gasteiger partial charge in [0, 0.05) is 25.6 Å². The average molecular weight is 234 g/mol. The number of nitrogens with zero attached hydrogens (tertiary/aromatic N) is 2. The van der Waals surface area contributed by atoms with Crippen LogP contribution in [0.15, 0.2) is 18.3 Å². The molecule has 0 bridgehead atoms. The number of aryl methyl sites for hydroxylation is 1. The average Bonchev–Trinajstić information content (AvgIpc) is 3.00. The van der Waals surface area contributed by atoms with E-state index in [0.717, 1.165) is 44.7 Å². The van der Waals surface area contributed by atoms with Crippen LogP contribution in [-0.4, -0.2) is 28.8 Å². The molecule has 17 heavy (non-hydrogen) atoms. The van der Waals surface area contributed by atoms with E-state index in [1.54, 1.807) is 0 Å². The lowest BCUT2D eigenvalue weighted by molar-refractivity contribution is -0.159. The first-order valence-corrected chi connectivity index (χ1v) is 6.32. The lowest BCUT2D eigenvalue weighted by Gasteiger charge is -2.30. The molecule has 3 rings (SSSR count). The van der Waals surface area contributed by atoms with E-state index in [1.165, 1.54) is 5.57 Å². The van der Waals surface area contributed by atoms with Gasteiger partial charge in [-0.15, -0.1) is 0 Å². The molecule has 0 aromatic carbocycles. The molecule has 1 aliphatic carbocycles. The van der Waals surface area contributed by atoms with Crippen molar-refractivity contribution in [3.8, 4) is 0 Å². The monoisotopic (exact) mass is 234 g/mol. The van der Waals surface area contributed by atoms with Crippen molar-refractivity contribution in [3.05, 3.63) is 24.0 Å². The summed E-state index contributed by atoms with van der Waals surface area (Å²) in [7, 11) is 0. The summed E-state index contributed by atoms with van der Waals surface area (Å²) in [6.45, 7) is 4.48. The third-order valence-electron chi connectivity index (χ3n) is 3.54. The predicted molar refractivity (Wildman–Crippen MR) is 64.4 cm³/mol. The van der Waals surface area contributed by atoms with Crippen LogP contribution < -0.4 is 0 Å². The summed E-state index contributed by atoms with van der Waals surface area (Å²) in [6.07, 6.45) is 7.03. The molecule has 0 atom stereocenters. The minimum Gasteiger partial charge on any atom is -0.347 e. The molecule has 2 heterocycles. The van der Waals surface area contributed by atoms with Crippen molar-refractivity contribution >= 4 is 5.57 Å². The molecule has 1 spiro atoms. The van der Waals surface area contributed by atoms with Crippen LogP contribution >= 0.6 is 0 Å². The van der Waals surface area contributed by atoms with Crippen molar-refractivity contribution in [2.45, 2.75) is 38.5 Å². The number of allylic oxidation sites excluding steroid dienone is 1. The molecule has 2 aliphatic rings. The van der Waals surface area contributed by atoms with Crippen LogP contribution in [0.1, 0.15) is 31.9 Å². The number of hydrogen-bond donors (Lipinski definition) is 0. The van der Waals surface area contributed by atoms with Crippen LogP contribution in [0.5, 0.6) is 0 Å². The quantitative estimate of drug-likeness (QED) is 0.787. The second-order valence-electron chi connectivity index (χ2n) is 4.60. The number of aromatic nitrogens is 2. The molecule has 0 saturated carbocycles. The normalized spacial score (nSPS) is 23.0. The molecule has 1 fully saturated rings. The predicted octanol–water partition coefficient (Wildman–Crippen LogP) is 2.21. The Labute approximate surface area is 101 Å². The Hall–Kier alpha value is -1.13. The standard InChI is InChI=1S/C13H18N2O2/c1-2-15-8-5-12(14-15)11-3-6-13(7-4-11)16-9-10-17-13/h3,5,8H,2,4,6-7,9-10H2,1H3. The molecule has 0 unspecified atom stereocenters. The molecule has 1 aromatic heterocycles. The second kappa shape index (κ2) is 4.27. The van der Waals surface area contributed by atoms with E-state index in [1.807, 2.05) is 10.9 Å². The van der Waals surface area contributed by atoms with Gasteiger partial charge in [-0.1, -0.05) is 6.08 Å². The van der Waals surface area contributed by atoms with Gasteiger partial charge in [0.05, 0.1) is 18.9 Å². The number of rotatable bonds is 2. The van der Waals surface area contributed by atoms with Crippen molar-refractivity contribution in [1.29, 1.82) is 0 Å². The van der Waals surface area contributed by atoms with E-state index >= 15 is 0 Å². The van der Waals surface area contributed by atoms with Gasteiger partial charge >= 0.3 is 0 Å². The van der Waals surface area contributed by atoms with Crippen LogP contribution in [0.2, 0.25) is 0 Å². The highest BCUT2D eigenvalue weighted by molar-refractivity contribution is 5.63. The Bertz CT molecular complexity index is 430. The van der Waals surface area contributed by atoms with E-state index in [2.05, 4.69) is 24.2 Å². The maximum absolute atomic E-state index is 5.70. The van der Waals surface area contributed by atoms with E-state index in [-0.39, 0.29) is 5.79 Å². The van der Waals surface area contributed by atoms with Gasteiger partial charge < -0.3 is 9.47 Å². The Morgan fingerprint density at radius 2 is 2.24 bits per heavy atom. The van der Waals surface area contributed by atoms with Gasteiger partial charge in [-0.3, -0.25) is 4.68 Å². The fourth-order valence-electron chi connectivity index (χ4n) is 2.51. The van der Waals surface area contributed by atoms with Crippen molar-refractivity contribution in [3.63, 3.8) is 0 Å². The smallest absolute Gasteiger partial charge is 0.172 e. The Morgan fingerprint density at radius 1 is 1.41 bits per heavy atom. The highest BCUT2D eigenvalue weighted by atomic mass is 16.7. The zero-order chi connectivity index (χ0) is 11.7. The van der Waals surface area contributed by atoms with Crippen molar-refractivity contribution in [2.75, 3.05) is 13.2 Å². The highest BCUT2D eigenvalue weighted by Crippen LogP contribution is 2.37. The number of hydrogen-bond acceptors (Lipinski definition) is 3. The van der Waals surface area contributed by atoms with Gasteiger partial charge in [-0.2, -0.15) is 5.10 Å². The lowest BCUT2D eigenvalue weighted by Crippen LogP contribution is -2.31. The van der Waals surface area contributed by atoms with Crippen molar-refractivity contribution < 1.29 is 9.47 Å². The summed E-state index contributed by atoms with van der Waals surface area (Å²) in [4.78, 5) is 0. The highest BCUT2D eigenvalue weighted by Gasteiger charge is 2.37.